The Labute approximate surface area is 56.9 Å². The van der Waals surface area contributed by atoms with E-state index in [2.05, 4.69) is 13.2 Å². The Morgan fingerprint density at radius 3 is 2.33 bits per heavy atom. The summed E-state index contributed by atoms with van der Waals surface area (Å²) < 4.78 is 0. The van der Waals surface area contributed by atoms with Crippen LogP contribution in [0, 0.1) is 0 Å². The maximum atomic E-state index is 3.58. The molecule has 0 saturated heterocycles. The number of hydrogen-bond acceptors (Lipinski definition) is 0. The standard InChI is InChI=1S/C9H12/c1-3-5-7-9-8-6-4-2/h3-5,7-9H,1-2,6H2/b7-5-,9-8+. The van der Waals surface area contributed by atoms with Crippen LogP contribution in [0.3, 0.4) is 0 Å². The molecule has 0 N–H and O–H groups in total. The Balaban J connectivity index is 3.33. The van der Waals surface area contributed by atoms with Gasteiger partial charge in [0.2, 0.25) is 0 Å². The monoisotopic (exact) mass is 120 g/mol. The van der Waals surface area contributed by atoms with Crippen molar-refractivity contribution in [2.24, 2.45) is 0 Å². The van der Waals surface area contributed by atoms with Gasteiger partial charge < -0.3 is 0 Å². The largest absolute Gasteiger partial charge is 0.103 e. The Hall–Kier alpha value is -1.04. The van der Waals surface area contributed by atoms with Crippen molar-refractivity contribution in [3.05, 3.63) is 49.6 Å². The van der Waals surface area contributed by atoms with Crippen molar-refractivity contribution in [3.8, 4) is 0 Å². The van der Waals surface area contributed by atoms with Gasteiger partial charge in [-0.15, -0.1) is 6.58 Å². The van der Waals surface area contributed by atoms with Crippen LogP contribution in [0.2, 0.25) is 0 Å². The summed E-state index contributed by atoms with van der Waals surface area (Å²) >= 11 is 0. The second kappa shape index (κ2) is 6.96. The summed E-state index contributed by atoms with van der Waals surface area (Å²) in [6.45, 7) is 7.12. The zero-order valence-corrected chi connectivity index (χ0v) is 5.59. The van der Waals surface area contributed by atoms with Gasteiger partial charge in [0.1, 0.15) is 0 Å². The van der Waals surface area contributed by atoms with Gasteiger partial charge in [-0.05, 0) is 6.42 Å². The quantitative estimate of drug-likeness (QED) is 0.395. The van der Waals surface area contributed by atoms with E-state index in [-0.39, 0.29) is 0 Å². The molecule has 0 atom stereocenters. The van der Waals surface area contributed by atoms with Crippen molar-refractivity contribution >= 4 is 0 Å². The molecule has 0 nitrogen and oxygen atoms in total. The fraction of sp³-hybridized carbons (Fsp3) is 0.111. The van der Waals surface area contributed by atoms with Crippen molar-refractivity contribution in [2.75, 3.05) is 0 Å². The second-order valence-electron chi connectivity index (χ2n) is 1.57. The van der Waals surface area contributed by atoms with Crippen LogP contribution in [0.1, 0.15) is 6.42 Å². The topological polar surface area (TPSA) is 0 Å². The first kappa shape index (κ1) is 7.96. The molecular formula is C9H12. The Morgan fingerprint density at radius 2 is 1.78 bits per heavy atom. The first-order valence-corrected chi connectivity index (χ1v) is 2.97. The third-order valence-electron chi connectivity index (χ3n) is 0.797. The fourth-order valence-corrected chi connectivity index (χ4v) is 0.396. The Morgan fingerprint density at radius 1 is 1.00 bits per heavy atom. The highest BCUT2D eigenvalue weighted by Gasteiger charge is 1.62. The predicted molar refractivity (Wildman–Crippen MR) is 43.3 cm³/mol. The summed E-state index contributed by atoms with van der Waals surface area (Å²) in [6.07, 6.45) is 12.4. The molecule has 0 spiro atoms. The predicted octanol–water partition coefficient (Wildman–Crippen LogP) is 2.86. The van der Waals surface area contributed by atoms with Crippen molar-refractivity contribution in [3.63, 3.8) is 0 Å². The summed E-state index contributed by atoms with van der Waals surface area (Å²) in [5.74, 6) is 0. The highest BCUT2D eigenvalue weighted by molar-refractivity contribution is 5.09. The van der Waals surface area contributed by atoms with Gasteiger partial charge in [-0.1, -0.05) is 43.0 Å². The lowest BCUT2D eigenvalue weighted by Gasteiger charge is -1.74. The minimum absolute atomic E-state index is 0.932. The van der Waals surface area contributed by atoms with Gasteiger partial charge in [0, 0.05) is 0 Å². The van der Waals surface area contributed by atoms with Gasteiger partial charge in [-0.3, -0.25) is 0 Å². The van der Waals surface area contributed by atoms with E-state index in [1.54, 1.807) is 6.08 Å². The molecule has 9 heavy (non-hydrogen) atoms. The van der Waals surface area contributed by atoms with Gasteiger partial charge in [0.25, 0.3) is 0 Å². The van der Waals surface area contributed by atoms with Gasteiger partial charge in [0.15, 0.2) is 0 Å². The first-order valence-electron chi connectivity index (χ1n) is 2.97. The lowest BCUT2D eigenvalue weighted by atomic mass is 10.3. The van der Waals surface area contributed by atoms with Crippen molar-refractivity contribution < 1.29 is 0 Å². The molecular weight excluding hydrogens is 108 g/mol. The van der Waals surface area contributed by atoms with E-state index in [9.17, 15) is 0 Å². The van der Waals surface area contributed by atoms with E-state index < -0.39 is 0 Å². The van der Waals surface area contributed by atoms with Crippen LogP contribution >= 0.6 is 0 Å². The summed E-state index contributed by atoms with van der Waals surface area (Å²) in [5, 5.41) is 0. The Bertz CT molecular complexity index is 127. The molecule has 0 heteroatoms. The molecule has 0 aliphatic carbocycles. The molecule has 0 aromatic rings. The smallest absolute Gasteiger partial charge is 0.0169 e. The highest BCUT2D eigenvalue weighted by Crippen LogP contribution is 1.83. The minimum Gasteiger partial charge on any atom is -0.103 e. The maximum Gasteiger partial charge on any atom is -0.0169 e. The molecule has 48 valence electrons. The van der Waals surface area contributed by atoms with E-state index >= 15 is 0 Å². The second-order valence-corrected chi connectivity index (χ2v) is 1.57. The van der Waals surface area contributed by atoms with E-state index in [1.165, 1.54) is 0 Å². The lowest BCUT2D eigenvalue weighted by Crippen LogP contribution is -1.52. The third kappa shape index (κ3) is 6.96. The van der Waals surface area contributed by atoms with Crippen LogP contribution in [-0.2, 0) is 0 Å². The summed E-state index contributed by atoms with van der Waals surface area (Å²) in [6, 6.07) is 0. The van der Waals surface area contributed by atoms with Crippen LogP contribution in [0.15, 0.2) is 49.6 Å². The highest BCUT2D eigenvalue weighted by atomic mass is 13.7. The molecule has 0 aromatic heterocycles. The van der Waals surface area contributed by atoms with E-state index in [4.69, 9.17) is 0 Å². The molecule has 0 bridgehead atoms. The fourth-order valence-electron chi connectivity index (χ4n) is 0.396. The van der Waals surface area contributed by atoms with Gasteiger partial charge in [-0.25, -0.2) is 0 Å². The number of rotatable bonds is 4. The number of allylic oxidation sites excluding steroid dienone is 6. The van der Waals surface area contributed by atoms with E-state index in [0.29, 0.717) is 0 Å². The molecule has 0 radical (unpaired) electrons. The van der Waals surface area contributed by atoms with Crippen molar-refractivity contribution in [1.29, 1.82) is 0 Å². The van der Waals surface area contributed by atoms with Gasteiger partial charge in [-0.2, -0.15) is 0 Å². The normalized spacial score (nSPS) is 10.7. The van der Waals surface area contributed by atoms with Crippen LogP contribution in [0.4, 0.5) is 0 Å². The SMILES string of the molecule is C=C/C=C\C=C\CC=C. The molecule has 0 rings (SSSR count). The molecule has 0 aromatic carbocycles. The molecule has 0 unspecified atom stereocenters. The molecule has 0 heterocycles. The molecule has 0 amide bonds. The molecule has 0 aliphatic heterocycles. The zero-order chi connectivity index (χ0) is 6.95. The summed E-state index contributed by atoms with van der Waals surface area (Å²) in [5.41, 5.74) is 0. The third-order valence-corrected chi connectivity index (χ3v) is 0.797. The molecule has 0 fully saturated rings. The maximum absolute atomic E-state index is 3.58. The summed E-state index contributed by atoms with van der Waals surface area (Å²) in [7, 11) is 0. The van der Waals surface area contributed by atoms with E-state index in [1.807, 2.05) is 30.4 Å². The minimum atomic E-state index is 0.932. The van der Waals surface area contributed by atoms with Crippen molar-refractivity contribution in [2.45, 2.75) is 6.42 Å². The first-order chi connectivity index (χ1) is 4.41. The van der Waals surface area contributed by atoms with Crippen LogP contribution in [-0.4, -0.2) is 0 Å². The molecule has 0 saturated carbocycles. The van der Waals surface area contributed by atoms with Crippen LogP contribution in [0.25, 0.3) is 0 Å². The lowest BCUT2D eigenvalue weighted by molar-refractivity contribution is 1.41. The van der Waals surface area contributed by atoms with Crippen LogP contribution in [0.5, 0.6) is 0 Å². The van der Waals surface area contributed by atoms with E-state index in [0.717, 1.165) is 6.42 Å². The van der Waals surface area contributed by atoms with Gasteiger partial charge in [0.05, 0.1) is 0 Å². The number of hydrogen-bond donors (Lipinski definition) is 0. The average Bonchev–Trinajstić information content (AvgIpc) is 1.89. The molecule has 0 aliphatic rings. The zero-order valence-electron chi connectivity index (χ0n) is 5.59. The van der Waals surface area contributed by atoms with Crippen molar-refractivity contribution in [1.82, 2.24) is 0 Å². The Kier molecular flexibility index (Phi) is 6.16. The van der Waals surface area contributed by atoms with Gasteiger partial charge >= 0.3 is 0 Å². The summed E-state index contributed by atoms with van der Waals surface area (Å²) in [4.78, 5) is 0. The van der Waals surface area contributed by atoms with Crippen LogP contribution < -0.4 is 0 Å². The average molecular weight is 120 g/mol.